The van der Waals surface area contributed by atoms with Gasteiger partial charge in [0.1, 0.15) is 0 Å². The summed E-state index contributed by atoms with van der Waals surface area (Å²) in [6, 6.07) is 7.30. The standard InChI is InChI=1S/C12H13N3O2/c1-8(16)10-4-3-5-11(6-10)13-7-12-14-9(2)15-17-12/h3-6,13H,7H2,1-2H3. The smallest absolute Gasteiger partial charge is 0.245 e. The summed E-state index contributed by atoms with van der Waals surface area (Å²) in [5, 5.41) is 6.82. The molecule has 17 heavy (non-hydrogen) atoms. The highest BCUT2D eigenvalue weighted by atomic mass is 16.5. The first kappa shape index (κ1) is 11.3. The van der Waals surface area contributed by atoms with Crippen LogP contribution in [-0.4, -0.2) is 15.9 Å². The van der Waals surface area contributed by atoms with Gasteiger partial charge in [-0.05, 0) is 26.0 Å². The van der Waals surface area contributed by atoms with Crippen molar-refractivity contribution in [3.05, 3.63) is 41.5 Å². The summed E-state index contributed by atoms with van der Waals surface area (Å²) in [4.78, 5) is 15.3. The molecule has 88 valence electrons. The first-order valence-electron chi connectivity index (χ1n) is 5.29. The van der Waals surface area contributed by atoms with Crippen molar-refractivity contribution >= 4 is 11.5 Å². The Labute approximate surface area is 98.8 Å². The molecule has 1 N–H and O–H groups in total. The number of carbonyl (C=O) groups is 1. The fourth-order valence-electron chi connectivity index (χ4n) is 1.44. The number of benzene rings is 1. The van der Waals surface area contributed by atoms with Gasteiger partial charge >= 0.3 is 0 Å². The van der Waals surface area contributed by atoms with Crippen LogP contribution in [0, 0.1) is 6.92 Å². The number of nitrogens with one attached hydrogen (secondary N) is 1. The molecule has 0 fully saturated rings. The first-order valence-corrected chi connectivity index (χ1v) is 5.29. The van der Waals surface area contributed by atoms with Gasteiger partial charge in [-0.25, -0.2) is 0 Å². The van der Waals surface area contributed by atoms with Crippen LogP contribution < -0.4 is 5.32 Å². The van der Waals surface area contributed by atoms with Crippen LogP contribution in [0.1, 0.15) is 29.0 Å². The lowest BCUT2D eigenvalue weighted by Gasteiger charge is -2.04. The van der Waals surface area contributed by atoms with Crippen LogP contribution in [0.25, 0.3) is 0 Å². The summed E-state index contributed by atoms with van der Waals surface area (Å²) in [6.07, 6.45) is 0. The van der Waals surface area contributed by atoms with Gasteiger partial charge in [0.2, 0.25) is 5.89 Å². The number of ketones is 1. The Kier molecular flexibility index (Phi) is 3.18. The van der Waals surface area contributed by atoms with E-state index in [1.165, 1.54) is 0 Å². The second kappa shape index (κ2) is 4.78. The Bertz CT molecular complexity index is 534. The van der Waals surface area contributed by atoms with Crippen molar-refractivity contribution < 1.29 is 9.32 Å². The normalized spacial score (nSPS) is 10.2. The summed E-state index contributed by atoms with van der Waals surface area (Å²) in [5.41, 5.74) is 1.53. The Morgan fingerprint density at radius 1 is 1.47 bits per heavy atom. The molecule has 0 bridgehead atoms. The van der Waals surface area contributed by atoms with Crippen LogP contribution in [0.4, 0.5) is 5.69 Å². The number of anilines is 1. The van der Waals surface area contributed by atoms with Crippen LogP contribution in [0.3, 0.4) is 0 Å². The van der Waals surface area contributed by atoms with Crippen molar-refractivity contribution in [1.29, 1.82) is 0 Å². The van der Waals surface area contributed by atoms with E-state index in [1.807, 2.05) is 12.1 Å². The second-order valence-corrected chi connectivity index (χ2v) is 3.73. The monoisotopic (exact) mass is 231 g/mol. The van der Waals surface area contributed by atoms with E-state index in [4.69, 9.17) is 4.52 Å². The molecule has 0 saturated carbocycles. The lowest BCUT2D eigenvalue weighted by molar-refractivity contribution is 0.101. The van der Waals surface area contributed by atoms with E-state index in [2.05, 4.69) is 15.5 Å². The van der Waals surface area contributed by atoms with Gasteiger partial charge in [-0.1, -0.05) is 17.3 Å². The molecule has 0 amide bonds. The van der Waals surface area contributed by atoms with Crippen molar-refractivity contribution in [3.8, 4) is 0 Å². The van der Waals surface area contributed by atoms with E-state index in [0.717, 1.165) is 5.69 Å². The van der Waals surface area contributed by atoms with Crippen molar-refractivity contribution in [2.75, 3.05) is 5.32 Å². The third-order valence-electron chi connectivity index (χ3n) is 2.28. The van der Waals surface area contributed by atoms with E-state index < -0.39 is 0 Å². The maximum atomic E-state index is 11.2. The summed E-state index contributed by atoms with van der Waals surface area (Å²) in [5.74, 6) is 1.18. The zero-order chi connectivity index (χ0) is 12.3. The molecule has 0 spiro atoms. The fraction of sp³-hybridized carbons (Fsp3) is 0.250. The Balaban J connectivity index is 2.04. The molecule has 5 nitrogen and oxygen atoms in total. The van der Waals surface area contributed by atoms with Crippen LogP contribution in [0.2, 0.25) is 0 Å². The van der Waals surface area contributed by atoms with Crippen LogP contribution >= 0.6 is 0 Å². The zero-order valence-electron chi connectivity index (χ0n) is 9.73. The van der Waals surface area contributed by atoms with Crippen molar-refractivity contribution in [3.63, 3.8) is 0 Å². The molecule has 0 saturated heterocycles. The fourth-order valence-corrected chi connectivity index (χ4v) is 1.44. The second-order valence-electron chi connectivity index (χ2n) is 3.73. The molecule has 0 aliphatic heterocycles. The van der Waals surface area contributed by atoms with E-state index in [9.17, 15) is 4.79 Å². The van der Waals surface area contributed by atoms with Gasteiger partial charge in [-0.3, -0.25) is 4.79 Å². The number of hydrogen-bond donors (Lipinski definition) is 1. The third-order valence-corrected chi connectivity index (χ3v) is 2.28. The minimum atomic E-state index is 0.0438. The van der Waals surface area contributed by atoms with E-state index in [0.29, 0.717) is 23.8 Å². The molecular weight excluding hydrogens is 218 g/mol. The Morgan fingerprint density at radius 3 is 2.94 bits per heavy atom. The van der Waals surface area contributed by atoms with Crippen molar-refractivity contribution in [2.24, 2.45) is 0 Å². The van der Waals surface area contributed by atoms with E-state index in [-0.39, 0.29) is 5.78 Å². The zero-order valence-corrected chi connectivity index (χ0v) is 9.73. The first-order chi connectivity index (χ1) is 8.15. The molecule has 5 heteroatoms. The minimum Gasteiger partial charge on any atom is -0.376 e. The molecule has 0 aliphatic carbocycles. The number of carbonyl (C=O) groups excluding carboxylic acids is 1. The predicted molar refractivity (Wildman–Crippen MR) is 62.8 cm³/mol. The topological polar surface area (TPSA) is 68.0 Å². The number of nitrogens with zero attached hydrogens (tertiary/aromatic N) is 2. The van der Waals surface area contributed by atoms with Gasteiger partial charge in [-0.15, -0.1) is 0 Å². The third kappa shape index (κ3) is 2.90. The van der Waals surface area contributed by atoms with Gasteiger partial charge in [0.05, 0.1) is 6.54 Å². The van der Waals surface area contributed by atoms with Gasteiger partial charge in [0.15, 0.2) is 11.6 Å². The number of Topliss-reactive ketones (excluding diaryl/α,β-unsaturated/α-hetero) is 1. The number of aromatic nitrogens is 2. The Hall–Kier alpha value is -2.17. The number of rotatable bonds is 4. The lowest BCUT2D eigenvalue weighted by Crippen LogP contribution is -2.01. The minimum absolute atomic E-state index is 0.0438. The van der Waals surface area contributed by atoms with Crippen molar-refractivity contribution in [1.82, 2.24) is 10.1 Å². The SMILES string of the molecule is CC(=O)c1cccc(NCc2nc(C)no2)c1. The van der Waals surface area contributed by atoms with Gasteiger partial charge in [-0.2, -0.15) is 4.98 Å². The number of aryl methyl sites for hydroxylation is 1. The van der Waals surface area contributed by atoms with Gasteiger partial charge in [0.25, 0.3) is 0 Å². The van der Waals surface area contributed by atoms with Crippen molar-refractivity contribution in [2.45, 2.75) is 20.4 Å². The predicted octanol–water partition coefficient (Wildman–Crippen LogP) is 2.19. The van der Waals surface area contributed by atoms with Gasteiger partial charge < -0.3 is 9.84 Å². The molecule has 0 unspecified atom stereocenters. The van der Waals surface area contributed by atoms with E-state index in [1.54, 1.807) is 26.0 Å². The average Bonchev–Trinajstić information content (AvgIpc) is 2.73. The van der Waals surface area contributed by atoms with Crippen LogP contribution in [0.15, 0.2) is 28.8 Å². The summed E-state index contributed by atoms with van der Waals surface area (Å²) in [7, 11) is 0. The summed E-state index contributed by atoms with van der Waals surface area (Å²) in [6.45, 7) is 3.76. The highest BCUT2D eigenvalue weighted by Crippen LogP contribution is 2.12. The Morgan fingerprint density at radius 2 is 2.29 bits per heavy atom. The molecular formula is C12H13N3O2. The highest BCUT2D eigenvalue weighted by molar-refractivity contribution is 5.94. The molecule has 1 aromatic carbocycles. The maximum absolute atomic E-state index is 11.2. The highest BCUT2D eigenvalue weighted by Gasteiger charge is 2.03. The molecule has 2 rings (SSSR count). The molecule has 1 heterocycles. The van der Waals surface area contributed by atoms with Crippen LogP contribution in [0.5, 0.6) is 0 Å². The molecule has 2 aromatic rings. The maximum Gasteiger partial charge on any atom is 0.245 e. The summed E-state index contributed by atoms with van der Waals surface area (Å²) < 4.78 is 4.97. The molecule has 0 radical (unpaired) electrons. The lowest BCUT2D eigenvalue weighted by atomic mass is 10.1. The average molecular weight is 231 g/mol. The molecule has 0 atom stereocenters. The van der Waals surface area contributed by atoms with E-state index >= 15 is 0 Å². The quantitative estimate of drug-likeness (QED) is 0.817. The summed E-state index contributed by atoms with van der Waals surface area (Å²) >= 11 is 0. The largest absolute Gasteiger partial charge is 0.376 e. The van der Waals surface area contributed by atoms with Crippen LogP contribution in [-0.2, 0) is 6.54 Å². The number of hydrogen-bond acceptors (Lipinski definition) is 5. The molecule has 1 aromatic heterocycles. The van der Waals surface area contributed by atoms with Gasteiger partial charge in [0, 0.05) is 11.3 Å². The molecule has 0 aliphatic rings.